The Hall–Kier alpha value is -2.37. The van der Waals surface area contributed by atoms with Crippen molar-refractivity contribution in [3.05, 3.63) is 35.4 Å². The summed E-state index contributed by atoms with van der Waals surface area (Å²) in [5, 5.41) is 14.5. The van der Waals surface area contributed by atoms with Crippen LogP contribution in [0.15, 0.2) is 33.9 Å². The predicted molar refractivity (Wildman–Crippen MR) is 89.8 cm³/mol. The summed E-state index contributed by atoms with van der Waals surface area (Å²) in [6.45, 7) is 2.09. The van der Waals surface area contributed by atoms with Gasteiger partial charge in [0.25, 0.3) is 0 Å². The molecule has 1 unspecified atom stereocenters. The molecule has 1 aromatic heterocycles. The molecule has 1 saturated carbocycles. The van der Waals surface area contributed by atoms with E-state index >= 15 is 0 Å². The fraction of sp³-hybridized carbons (Fsp3) is 0.471. The molecule has 0 bridgehead atoms. The van der Waals surface area contributed by atoms with Crippen molar-refractivity contribution in [3.63, 3.8) is 0 Å². The van der Waals surface area contributed by atoms with Gasteiger partial charge in [0.2, 0.25) is 11.6 Å². The van der Waals surface area contributed by atoms with Gasteiger partial charge in [-0.2, -0.15) is 0 Å². The van der Waals surface area contributed by atoms with Crippen LogP contribution in [0, 0.1) is 6.92 Å². The van der Waals surface area contributed by atoms with Crippen molar-refractivity contribution in [2.45, 2.75) is 51.1 Å². The number of aryl methyl sites for hydroxylation is 1. The lowest BCUT2D eigenvalue weighted by Gasteiger charge is -2.28. The zero-order valence-corrected chi connectivity index (χ0v) is 13.2. The van der Waals surface area contributed by atoms with Crippen molar-refractivity contribution in [1.29, 1.82) is 0 Å². The quantitative estimate of drug-likeness (QED) is 0.884. The number of amidine groups is 1. The highest BCUT2D eigenvalue weighted by atomic mass is 16.6. The molecule has 4 rings (SSSR count). The minimum Gasteiger partial charge on any atom is -0.350 e. The number of aliphatic imine (C=N–C) groups is 1. The Labute approximate surface area is 135 Å². The summed E-state index contributed by atoms with van der Waals surface area (Å²) < 4.78 is 4.83. The number of hydrogen-bond donors (Lipinski definition) is 2. The van der Waals surface area contributed by atoms with Crippen LogP contribution in [0.4, 0.5) is 11.6 Å². The third kappa shape index (κ3) is 2.93. The third-order valence-electron chi connectivity index (χ3n) is 4.60. The fourth-order valence-electron chi connectivity index (χ4n) is 3.28. The van der Waals surface area contributed by atoms with E-state index in [1.807, 2.05) is 0 Å². The van der Waals surface area contributed by atoms with E-state index in [2.05, 4.69) is 52.1 Å². The summed E-state index contributed by atoms with van der Waals surface area (Å²) in [7, 11) is 0. The number of anilines is 2. The van der Waals surface area contributed by atoms with Gasteiger partial charge in [-0.1, -0.05) is 49.1 Å². The second-order valence-corrected chi connectivity index (χ2v) is 6.38. The maximum absolute atomic E-state index is 4.99. The maximum Gasteiger partial charge on any atom is 0.220 e. The lowest BCUT2D eigenvalue weighted by molar-refractivity contribution is 0.310. The first kappa shape index (κ1) is 14.2. The summed E-state index contributed by atoms with van der Waals surface area (Å²) in [5.74, 6) is 2.16. The molecule has 6 heteroatoms. The van der Waals surface area contributed by atoms with Crippen molar-refractivity contribution in [3.8, 4) is 0 Å². The number of hydrogen-bond acceptors (Lipinski definition) is 5. The predicted octanol–water partition coefficient (Wildman–Crippen LogP) is 3.69. The van der Waals surface area contributed by atoms with E-state index in [1.54, 1.807) is 0 Å². The average molecular weight is 311 g/mol. The SMILES string of the molecule is Cc1ccc(C2Nc3nonc3NC2=NC2CCCCC2)cc1. The Balaban J connectivity index is 1.67. The summed E-state index contributed by atoms with van der Waals surface area (Å²) in [5.41, 5.74) is 2.40. The zero-order valence-electron chi connectivity index (χ0n) is 13.2. The highest BCUT2D eigenvalue weighted by Crippen LogP contribution is 2.31. The van der Waals surface area contributed by atoms with Crippen LogP contribution in [0.1, 0.15) is 49.3 Å². The molecule has 0 spiro atoms. The lowest BCUT2D eigenvalue weighted by Crippen LogP contribution is -2.34. The summed E-state index contributed by atoms with van der Waals surface area (Å²) in [6.07, 6.45) is 6.18. The molecular weight excluding hydrogens is 290 g/mol. The first-order valence-electron chi connectivity index (χ1n) is 8.30. The zero-order chi connectivity index (χ0) is 15.6. The second-order valence-electron chi connectivity index (χ2n) is 6.38. The highest BCUT2D eigenvalue weighted by molar-refractivity contribution is 6.05. The van der Waals surface area contributed by atoms with Crippen molar-refractivity contribution in [1.82, 2.24) is 10.3 Å². The minimum absolute atomic E-state index is 0.0445. The van der Waals surface area contributed by atoms with E-state index in [4.69, 9.17) is 9.62 Å². The standard InChI is InChI=1S/C17H21N5O/c1-11-7-9-12(10-8-11)14-15(18-13-5-3-2-4-6-13)20-17-16(19-14)21-23-22-17/h7-10,13-14H,2-6H2,1H3,(H,19,21)(H,18,20,22). The Morgan fingerprint density at radius 2 is 1.78 bits per heavy atom. The number of fused-ring (bicyclic) bond motifs is 1. The van der Waals surface area contributed by atoms with Gasteiger partial charge in [-0.25, -0.2) is 4.63 Å². The number of rotatable bonds is 2. The highest BCUT2D eigenvalue weighted by Gasteiger charge is 2.29. The Morgan fingerprint density at radius 1 is 1.04 bits per heavy atom. The van der Waals surface area contributed by atoms with Crippen LogP contribution in [0.3, 0.4) is 0 Å². The van der Waals surface area contributed by atoms with Crippen LogP contribution in [0.2, 0.25) is 0 Å². The van der Waals surface area contributed by atoms with Gasteiger partial charge in [0, 0.05) is 0 Å². The van der Waals surface area contributed by atoms with Gasteiger partial charge in [0.15, 0.2) is 0 Å². The van der Waals surface area contributed by atoms with E-state index < -0.39 is 0 Å². The van der Waals surface area contributed by atoms with E-state index in [1.165, 1.54) is 24.8 Å². The summed E-state index contributed by atoms with van der Waals surface area (Å²) in [4.78, 5) is 4.99. The van der Waals surface area contributed by atoms with Crippen LogP contribution < -0.4 is 10.6 Å². The molecule has 2 aromatic rings. The molecule has 6 nitrogen and oxygen atoms in total. The number of nitrogens with zero attached hydrogens (tertiary/aromatic N) is 3. The Bertz CT molecular complexity index is 700. The topological polar surface area (TPSA) is 75.3 Å². The molecule has 1 atom stereocenters. The van der Waals surface area contributed by atoms with Gasteiger partial charge in [-0.3, -0.25) is 4.99 Å². The number of nitrogens with one attached hydrogen (secondary N) is 2. The molecule has 23 heavy (non-hydrogen) atoms. The van der Waals surface area contributed by atoms with Crippen LogP contribution >= 0.6 is 0 Å². The van der Waals surface area contributed by atoms with Gasteiger partial charge in [0.1, 0.15) is 11.9 Å². The van der Waals surface area contributed by atoms with Crippen molar-refractivity contribution < 1.29 is 4.63 Å². The van der Waals surface area contributed by atoms with Crippen LogP contribution in [0.5, 0.6) is 0 Å². The number of aromatic nitrogens is 2. The molecule has 1 aliphatic heterocycles. The fourth-order valence-corrected chi connectivity index (χ4v) is 3.28. The smallest absolute Gasteiger partial charge is 0.220 e. The average Bonchev–Trinajstić information content (AvgIpc) is 3.03. The minimum atomic E-state index is -0.0445. The normalized spacial score (nSPS) is 23.2. The van der Waals surface area contributed by atoms with E-state index in [0.29, 0.717) is 17.7 Å². The van der Waals surface area contributed by atoms with Gasteiger partial charge in [-0.05, 0) is 35.6 Å². The monoisotopic (exact) mass is 311 g/mol. The molecular formula is C17H21N5O. The largest absolute Gasteiger partial charge is 0.350 e. The van der Waals surface area contributed by atoms with Gasteiger partial charge in [0.05, 0.1) is 6.04 Å². The first-order chi connectivity index (χ1) is 11.3. The van der Waals surface area contributed by atoms with Crippen molar-refractivity contribution >= 4 is 17.5 Å². The molecule has 1 aliphatic carbocycles. The molecule has 2 aliphatic rings. The van der Waals surface area contributed by atoms with Gasteiger partial charge < -0.3 is 10.6 Å². The van der Waals surface area contributed by atoms with E-state index in [9.17, 15) is 0 Å². The van der Waals surface area contributed by atoms with Gasteiger partial charge in [-0.15, -0.1) is 0 Å². The molecule has 120 valence electrons. The maximum atomic E-state index is 4.99. The van der Waals surface area contributed by atoms with E-state index in [-0.39, 0.29) is 6.04 Å². The van der Waals surface area contributed by atoms with Crippen molar-refractivity contribution in [2.24, 2.45) is 4.99 Å². The molecule has 0 amide bonds. The Kier molecular flexibility index (Phi) is 3.73. The Morgan fingerprint density at radius 3 is 2.57 bits per heavy atom. The molecule has 1 aromatic carbocycles. The van der Waals surface area contributed by atoms with Crippen LogP contribution in [-0.2, 0) is 0 Å². The summed E-state index contributed by atoms with van der Waals surface area (Å²) in [6, 6.07) is 8.84. The van der Waals surface area contributed by atoms with Crippen LogP contribution in [-0.4, -0.2) is 22.2 Å². The van der Waals surface area contributed by atoms with Crippen LogP contribution in [0.25, 0.3) is 0 Å². The molecule has 1 fully saturated rings. The lowest BCUT2D eigenvalue weighted by atomic mass is 9.95. The molecule has 2 heterocycles. The first-order valence-corrected chi connectivity index (χ1v) is 8.30. The summed E-state index contributed by atoms with van der Waals surface area (Å²) >= 11 is 0. The van der Waals surface area contributed by atoms with Crippen molar-refractivity contribution in [2.75, 3.05) is 10.6 Å². The molecule has 0 radical (unpaired) electrons. The number of benzene rings is 1. The third-order valence-corrected chi connectivity index (χ3v) is 4.60. The van der Waals surface area contributed by atoms with Gasteiger partial charge >= 0.3 is 0 Å². The molecule has 2 N–H and O–H groups in total. The van der Waals surface area contributed by atoms with E-state index in [0.717, 1.165) is 24.2 Å². The molecule has 0 saturated heterocycles. The second kappa shape index (κ2) is 6.02.